The molecule has 1 saturated carbocycles. The number of carbonyl (C=O) groups is 1. The number of nitrogens with zero attached hydrogens (tertiary/aromatic N) is 3. The summed E-state index contributed by atoms with van der Waals surface area (Å²) in [5.41, 5.74) is 2.99. The summed E-state index contributed by atoms with van der Waals surface area (Å²) < 4.78 is 1.90. The largest absolute Gasteiger partial charge is 0.367 e. The number of benzene rings is 1. The van der Waals surface area contributed by atoms with Crippen molar-refractivity contribution in [2.75, 3.05) is 16.8 Å². The van der Waals surface area contributed by atoms with Crippen LogP contribution in [0.1, 0.15) is 25.0 Å². The number of hydrogen-bond acceptors (Lipinski definition) is 3. The number of amides is 2. The smallest absolute Gasteiger partial charge is 0.319 e. The Bertz CT molecular complexity index is 741. The molecule has 2 aliphatic rings. The third kappa shape index (κ3) is 2.84. The minimum absolute atomic E-state index is 0.187. The lowest BCUT2D eigenvalue weighted by atomic mass is 10.1. The summed E-state index contributed by atoms with van der Waals surface area (Å²) in [6, 6.07) is 8.54. The molecule has 2 unspecified atom stereocenters. The average molecular weight is 325 g/mol. The van der Waals surface area contributed by atoms with E-state index < -0.39 is 0 Å². The molecule has 6 nitrogen and oxygen atoms in total. The predicted molar refractivity (Wildman–Crippen MR) is 94.0 cm³/mol. The molecule has 2 atom stereocenters. The van der Waals surface area contributed by atoms with Gasteiger partial charge in [0, 0.05) is 25.8 Å². The number of piperidine rings is 1. The highest BCUT2D eigenvalue weighted by molar-refractivity contribution is 5.93. The van der Waals surface area contributed by atoms with Gasteiger partial charge in [-0.15, -0.1) is 0 Å². The first-order valence-electron chi connectivity index (χ1n) is 8.56. The fourth-order valence-electron chi connectivity index (χ4n) is 3.94. The third-order valence-electron chi connectivity index (χ3n) is 5.22. The maximum atomic E-state index is 12.3. The summed E-state index contributed by atoms with van der Waals surface area (Å²) in [5.74, 6) is 0.821. The van der Waals surface area contributed by atoms with Crippen molar-refractivity contribution in [2.45, 2.75) is 31.8 Å². The zero-order chi connectivity index (χ0) is 16.5. The van der Waals surface area contributed by atoms with Crippen molar-refractivity contribution in [1.29, 1.82) is 0 Å². The number of fused-ring (bicyclic) bond motifs is 2. The predicted octanol–water partition coefficient (Wildman–Crippen LogP) is 2.73. The highest BCUT2D eigenvalue weighted by Gasteiger charge is 2.38. The molecule has 0 spiro atoms. The van der Waals surface area contributed by atoms with Gasteiger partial charge < -0.3 is 20.1 Å². The first-order valence-corrected chi connectivity index (χ1v) is 8.56. The molecule has 2 heterocycles. The fourth-order valence-corrected chi connectivity index (χ4v) is 3.94. The summed E-state index contributed by atoms with van der Waals surface area (Å²) in [6.45, 7) is 1.57. The van der Waals surface area contributed by atoms with Gasteiger partial charge >= 0.3 is 6.03 Å². The lowest BCUT2D eigenvalue weighted by Gasteiger charge is -2.31. The second-order valence-electron chi connectivity index (χ2n) is 6.81. The first-order chi connectivity index (χ1) is 11.7. The summed E-state index contributed by atoms with van der Waals surface area (Å²) in [5, 5.41) is 5.90. The molecular weight excluding hydrogens is 302 g/mol. The summed E-state index contributed by atoms with van der Waals surface area (Å²) in [4.78, 5) is 18.8. The van der Waals surface area contributed by atoms with E-state index in [-0.39, 0.29) is 6.03 Å². The Hall–Kier alpha value is -2.50. The molecular formula is C18H23N5O. The highest BCUT2D eigenvalue weighted by Crippen LogP contribution is 2.42. The van der Waals surface area contributed by atoms with Crippen molar-refractivity contribution in [3.05, 3.63) is 42.5 Å². The third-order valence-corrected chi connectivity index (χ3v) is 5.22. The quantitative estimate of drug-likeness (QED) is 0.908. The van der Waals surface area contributed by atoms with Crippen LogP contribution in [-0.2, 0) is 13.6 Å². The van der Waals surface area contributed by atoms with Crippen molar-refractivity contribution < 1.29 is 4.79 Å². The summed E-state index contributed by atoms with van der Waals surface area (Å²) >= 11 is 0. The number of rotatable bonds is 4. The molecule has 126 valence electrons. The van der Waals surface area contributed by atoms with Gasteiger partial charge in [-0.25, -0.2) is 9.78 Å². The Morgan fingerprint density at radius 3 is 2.92 bits per heavy atom. The molecule has 2 aromatic rings. The molecule has 2 N–H and O–H groups in total. The number of para-hydroxylation sites is 2. The van der Waals surface area contributed by atoms with E-state index in [4.69, 9.17) is 0 Å². The number of hydrogen-bond donors (Lipinski definition) is 2. The van der Waals surface area contributed by atoms with E-state index >= 15 is 0 Å². The molecule has 1 aliphatic heterocycles. The van der Waals surface area contributed by atoms with Crippen LogP contribution in [0.3, 0.4) is 0 Å². The molecule has 2 amide bonds. The van der Waals surface area contributed by atoms with Gasteiger partial charge in [-0.3, -0.25) is 0 Å². The summed E-state index contributed by atoms with van der Waals surface area (Å²) in [7, 11) is 1.92. The maximum Gasteiger partial charge on any atom is 0.319 e. The zero-order valence-electron chi connectivity index (χ0n) is 13.9. The number of aromatic nitrogens is 2. The second-order valence-corrected chi connectivity index (χ2v) is 6.81. The normalized spacial score (nSPS) is 22.0. The van der Waals surface area contributed by atoms with E-state index in [2.05, 4.69) is 26.6 Å². The molecule has 1 aromatic heterocycles. The molecule has 1 aliphatic carbocycles. The van der Waals surface area contributed by atoms with Crippen LogP contribution in [0, 0.1) is 5.92 Å². The Morgan fingerprint density at radius 1 is 1.33 bits per heavy atom. The number of aryl methyl sites for hydroxylation is 1. The van der Waals surface area contributed by atoms with Gasteiger partial charge in [-0.05, 0) is 37.3 Å². The minimum Gasteiger partial charge on any atom is -0.367 e. The second kappa shape index (κ2) is 6.19. The van der Waals surface area contributed by atoms with Crippen LogP contribution in [0.2, 0.25) is 0 Å². The molecule has 4 rings (SSSR count). The van der Waals surface area contributed by atoms with Gasteiger partial charge in [0.25, 0.3) is 0 Å². The van der Waals surface area contributed by atoms with Gasteiger partial charge in [0.2, 0.25) is 0 Å². The standard InChI is InChI=1S/C18H23N5O/c1-22-12-19-9-15(22)10-20-18(24)21-16-4-2-3-5-17(16)23-11-13-6-7-14(23)8-13/h2-5,9,12-14H,6-8,10-11H2,1H3,(H2,20,21,24). The average Bonchev–Trinajstić information content (AvgIpc) is 3.30. The number of carbonyl (C=O) groups excluding carboxylic acids is 1. The van der Waals surface area contributed by atoms with E-state index in [9.17, 15) is 4.79 Å². The van der Waals surface area contributed by atoms with E-state index in [1.165, 1.54) is 19.3 Å². The van der Waals surface area contributed by atoms with Gasteiger partial charge in [-0.2, -0.15) is 0 Å². The Kier molecular flexibility index (Phi) is 3.88. The van der Waals surface area contributed by atoms with Crippen LogP contribution < -0.4 is 15.5 Å². The SMILES string of the molecule is Cn1cncc1CNC(=O)Nc1ccccc1N1CC2CCC1C2. The monoisotopic (exact) mass is 325 g/mol. The molecule has 24 heavy (non-hydrogen) atoms. The van der Waals surface area contributed by atoms with Crippen LogP contribution in [-0.4, -0.2) is 28.2 Å². The van der Waals surface area contributed by atoms with E-state index in [0.29, 0.717) is 12.6 Å². The van der Waals surface area contributed by atoms with Crippen LogP contribution in [0.15, 0.2) is 36.8 Å². The van der Waals surface area contributed by atoms with Crippen LogP contribution in [0.5, 0.6) is 0 Å². The van der Waals surface area contributed by atoms with E-state index in [1.54, 1.807) is 12.5 Å². The van der Waals surface area contributed by atoms with Crippen LogP contribution in [0.25, 0.3) is 0 Å². The van der Waals surface area contributed by atoms with Crippen molar-refractivity contribution in [1.82, 2.24) is 14.9 Å². The van der Waals surface area contributed by atoms with Crippen molar-refractivity contribution in [3.63, 3.8) is 0 Å². The number of anilines is 2. The van der Waals surface area contributed by atoms with Gasteiger partial charge in [0.1, 0.15) is 0 Å². The molecule has 2 bridgehead atoms. The van der Waals surface area contributed by atoms with Crippen molar-refractivity contribution >= 4 is 17.4 Å². The first kappa shape index (κ1) is 15.1. The molecule has 1 saturated heterocycles. The molecule has 6 heteroatoms. The highest BCUT2D eigenvalue weighted by atomic mass is 16.2. The lowest BCUT2D eigenvalue weighted by Crippen LogP contribution is -2.34. The Labute approximate surface area is 141 Å². The van der Waals surface area contributed by atoms with Crippen molar-refractivity contribution in [2.24, 2.45) is 13.0 Å². The van der Waals surface area contributed by atoms with Crippen LogP contribution in [0.4, 0.5) is 16.2 Å². The topological polar surface area (TPSA) is 62.2 Å². The number of imidazole rings is 1. The minimum atomic E-state index is -0.187. The van der Waals surface area contributed by atoms with Gasteiger partial charge in [0.05, 0.1) is 29.9 Å². The van der Waals surface area contributed by atoms with Crippen LogP contribution >= 0.6 is 0 Å². The fraction of sp³-hybridized carbons (Fsp3) is 0.444. The molecule has 1 aromatic carbocycles. The number of nitrogens with one attached hydrogen (secondary N) is 2. The Balaban J connectivity index is 1.43. The number of urea groups is 1. The summed E-state index contributed by atoms with van der Waals surface area (Å²) in [6.07, 6.45) is 7.40. The van der Waals surface area contributed by atoms with E-state index in [1.807, 2.05) is 29.8 Å². The van der Waals surface area contributed by atoms with E-state index in [0.717, 1.165) is 29.5 Å². The maximum absolute atomic E-state index is 12.3. The van der Waals surface area contributed by atoms with Gasteiger partial charge in [-0.1, -0.05) is 12.1 Å². The Morgan fingerprint density at radius 2 is 2.21 bits per heavy atom. The molecule has 2 fully saturated rings. The lowest BCUT2D eigenvalue weighted by molar-refractivity contribution is 0.251. The molecule has 0 radical (unpaired) electrons. The zero-order valence-corrected chi connectivity index (χ0v) is 13.9. The van der Waals surface area contributed by atoms with Crippen molar-refractivity contribution in [3.8, 4) is 0 Å². The van der Waals surface area contributed by atoms with Gasteiger partial charge in [0.15, 0.2) is 0 Å².